The summed E-state index contributed by atoms with van der Waals surface area (Å²) in [4.78, 5) is 25.9. The van der Waals surface area contributed by atoms with Gasteiger partial charge in [0.1, 0.15) is 5.75 Å². The predicted molar refractivity (Wildman–Crippen MR) is 112 cm³/mol. The van der Waals surface area contributed by atoms with Crippen molar-refractivity contribution in [3.63, 3.8) is 0 Å². The number of aliphatic carboxylic acids is 1. The van der Waals surface area contributed by atoms with Gasteiger partial charge in [0, 0.05) is 13.0 Å². The van der Waals surface area contributed by atoms with Crippen LogP contribution in [0.2, 0.25) is 0 Å². The molecule has 0 aromatic heterocycles. The normalized spacial score (nSPS) is 11.3. The van der Waals surface area contributed by atoms with Crippen LogP contribution in [0.4, 0.5) is 16.2 Å². The Hall–Kier alpha value is -3.80. The molecule has 3 aromatic rings. The summed E-state index contributed by atoms with van der Waals surface area (Å²) in [6, 6.07) is 26.9. The predicted octanol–water partition coefficient (Wildman–Crippen LogP) is 4.46. The number of amides is 2. The van der Waals surface area contributed by atoms with Gasteiger partial charge in [0.15, 0.2) is 6.10 Å². The number of carboxylic acid groups (broad SMARTS) is 1. The standard InChI is InChI=1S/C23H22N2O4/c26-22(27)21(29-20-14-8-3-9-15-20)16-17-24-23(28)25(18-10-4-1-5-11-18)19-12-6-2-7-13-19/h1-15,21H,16-17H2,(H,24,28)(H,26,27). The molecule has 0 saturated carbocycles. The fourth-order valence-electron chi connectivity index (χ4n) is 2.82. The number of ether oxygens (including phenoxy) is 1. The molecule has 2 amide bonds. The average Bonchev–Trinajstić information content (AvgIpc) is 2.75. The minimum Gasteiger partial charge on any atom is -0.479 e. The van der Waals surface area contributed by atoms with Gasteiger partial charge in [0.25, 0.3) is 0 Å². The first-order chi connectivity index (χ1) is 14.1. The molecule has 1 atom stereocenters. The van der Waals surface area contributed by atoms with Crippen LogP contribution in [0.3, 0.4) is 0 Å². The third kappa shape index (κ3) is 5.59. The monoisotopic (exact) mass is 390 g/mol. The maximum atomic E-state index is 12.9. The molecular weight excluding hydrogens is 368 g/mol. The Morgan fingerprint density at radius 3 is 1.79 bits per heavy atom. The van der Waals surface area contributed by atoms with Crippen molar-refractivity contribution in [2.24, 2.45) is 0 Å². The summed E-state index contributed by atoms with van der Waals surface area (Å²) in [6.45, 7) is 0.152. The number of hydrogen-bond donors (Lipinski definition) is 2. The van der Waals surface area contributed by atoms with Crippen LogP contribution < -0.4 is 15.0 Å². The van der Waals surface area contributed by atoms with Crippen molar-refractivity contribution in [2.75, 3.05) is 11.4 Å². The first-order valence-electron chi connectivity index (χ1n) is 9.28. The molecule has 3 rings (SSSR count). The smallest absolute Gasteiger partial charge is 0.344 e. The maximum Gasteiger partial charge on any atom is 0.344 e. The molecule has 0 aliphatic carbocycles. The SMILES string of the molecule is O=C(O)C(CCNC(=O)N(c1ccccc1)c1ccccc1)Oc1ccccc1. The van der Waals surface area contributed by atoms with Crippen molar-refractivity contribution in [3.8, 4) is 5.75 Å². The van der Waals surface area contributed by atoms with E-state index < -0.39 is 12.1 Å². The molecule has 0 aliphatic heterocycles. The lowest BCUT2D eigenvalue weighted by Gasteiger charge is -2.24. The molecule has 0 fully saturated rings. The summed E-state index contributed by atoms with van der Waals surface area (Å²) < 4.78 is 5.52. The van der Waals surface area contributed by atoms with Crippen molar-refractivity contribution in [1.82, 2.24) is 5.32 Å². The molecule has 0 radical (unpaired) electrons. The van der Waals surface area contributed by atoms with Gasteiger partial charge in [0.2, 0.25) is 0 Å². The molecule has 0 aliphatic rings. The molecule has 1 unspecified atom stereocenters. The zero-order valence-electron chi connectivity index (χ0n) is 15.8. The number of carbonyl (C=O) groups is 2. The molecule has 6 heteroatoms. The van der Waals surface area contributed by atoms with Gasteiger partial charge in [-0.1, -0.05) is 54.6 Å². The van der Waals surface area contributed by atoms with Gasteiger partial charge >= 0.3 is 12.0 Å². The van der Waals surface area contributed by atoms with Crippen LogP contribution in [0.15, 0.2) is 91.0 Å². The zero-order chi connectivity index (χ0) is 20.5. The highest BCUT2D eigenvalue weighted by Crippen LogP contribution is 2.24. The summed E-state index contributed by atoms with van der Waals surface area (Å²) in [5, 5.41) is 12.2. The Kier molecular flexibility index (Phi) is 6.84. The van der Waals surface area contributed by atoms with Crippen LogP contribution in [0.25, 0.3) is 0 Å². The molecule has 0 heterocycles. The first-order valence-corrected chi connectivity index (χ1v) is 9.28. The van der Waals surface area contributed by atoms with E-state index in [2.05, 4.69) is 5.32 Å². The van der Waals surface area contributed by atoms with Crippen molar-refractivity contribution in [2.45, 2.75) is 12.5 Å². The van der Waals surface area contributed by atoms with E-state index in [1.165, 1.54) is 0 Å². The molecular formula is C23H22N2O4. The first kappa shape index (κ1) is 19.9. The average molecular weight is 390 g/mol. The van der Waals surface area contributed by atoms with Crippen LogP contribution in [0, 0.1) is 0 Å². The van der Waals surface area contributed by atoms with E-state index >= 15 is 0 Å². The Labute approximate surface area is 169 Å². The van der Waals surface area contributed by atoms with Crippen molar-refractivity contribution < 1.29 is 19.4 Å². The van der Waals surface area contributed by atoms with Gasteiger partial charge < -0.3 is 15.2 Å². The van der Waals surface area contributed by atoms with Crippen LogP contribution in [-0.2, 0) is 4.79 Å². The van der Waals surface area contributed by atoms with Gasteiger partial charge in [-0.2, -0.15) is 0 Å². The fraction of sp³-hybridized carbons (Fsp3) is 0.130. The van der Waals surface area contributed by atoms with Gasteiger partial charge in [-0.05, 0) is 36.4 Å². The number of nitrogens with one attached hydrogen (secondary N) is 1. The topological polar surface area (TPSA) is 78.9 Å². The number of carboxylic acids is 1. The lowest BCUT2D eigenvalue weighted by Crippen LogP contribution is -2.39. The summed E-state index contributed by atoms with van der Waals surface area (Å²) in [5.41, 5.74) is 1.43. The Morgan fingerprint density at radius 2 is 1.31 bits per heavy atom. The van der Waals surface area contributed by atoms with Gasteiger partial charge in [-0.25, -0.2) is 9.59 Å². The quantitative estimate of drug-likeness (QED) is 0.595. The lowest BCUT2D eigenvalue weighted by atomic mass is 10.2. The van der Waals surface area contributed by atoms with E-state index in [1.54, 1.807) is 29.2 Å². The zero-order valence-corrected chi connectivity index (χ0v) is 15.8. The number of para-hydroxylation sites is 3. The minimum absolute atomic E-state index is 0.132. The van der Waals surface area contributed by atoms with Crippen LogP contribution in [-0.4, -0.2) is 29.8 Å². The number of benzene rings is 3. The molecule has 2 N–H and O–H groups in total. The van der Waals surface area contributed by atoms with Crippen LogP contribution >= 0.6 is 0 Å². The summed E-state index contributed by atoms with van der Waals surface area (Å²) in [7, 11) is 0. The summed E-state index contributed by atoms with van der Waals surface area (Å²) >= 11 is 0. The summed E-state index contributed by atoms with van der Waals surface area (Å²) in [6.07, 6.45) is -0.924. The van der Waals surface area contributed by atoms with Crippen molar-refractivity contribution >= 4 is 23.4 Å². The van der Waals surface area contributed by atoms with Gasteiger partial charge in [0.05, 0.1) is 11.4 Å². The minimum atomic E-state index is -1.08. The van der Waals surface area contributed by atoms with E-state index in [-0.39, 0.29) is 19.0 Å². The molecule has 0 spiro atoms. The molecule has 6 nitrogen and oxygen atoms in total. The van der Waals surface area contributed by atoms with E-state index in [4.69, 9.17) is 4.74 Å². The molecule has 0 bridgehead atoms. The Balaban J connectivity index is 1.66. The van der Waals surface area contributed by atoms with E-state index in [1.807, 2.05) is 66.7 Å². The number of rotatable bonds is 8. The second-order valence-corrected chi connectivity index (χ2v) is 6.28. The second kappa shape index (κ2) is 9.94. The number of carbonyl (C=O) groups excluding carboxylic acids is 1. The van der Waals surface area contributed by atoms with Gasteiger partial charge in [-0.3, -0.25) is 4.90 Å². The molecule has 29 heavy (non-hydrogen) atoms. The summed E-state index contributed by atoms with van der Waals surface area (Å²) in [5.74, 6) is -0.604. The number of nitrogens with zero attached hydrogens (tertiary/aromatic N) is 1. The van der Waals surface area contributed by atoms with E-state index in [9.17, 15) is 14.7 Å². The van der Waals surface area contributed by atoms with Crippen molar-refractivity contribution in [3.05, 3.63) is 91.0 Å². The highest BCUT2D eigenvalue weighted by Gasteiger charge is 2.21. The second-order valence-electron chi connectivity index (χ2n) is 6.28. The van der Waals surface area contributed by atoms with Gasteiger partial charge in [-0.15, -0.1) is 0 Å². The lowest BCUT2D eigenvalue weighted by molar-refractivity contribution is -0.145. The van der Waals surface area contributed by atoms with Crippen LogP contribution in [0.1, 0.15) is 6.42 Å². The van der Waals surface area contributed by atoms with Crippen molar-refractivity contribution in [1.29, 1.82) is 0 Å². The highest BCUT2D eigenvalue weighted by molar-refractivity contribution is 5.99. The fourth-order valence-corrected chi connectivity index (χ4v) is 2.82. The van der Waals surface area contributed by atoms with E-state index in [0.717, 1.165) is 0 Å². The third-order valence-electron chi connectivity index (χ3n) is 4.21. The molecule has 3 aromatic carbocycles. The number of anilines is 2. The van der Waals surface area contributed by atoms with E-state index in [0.29, 0.717) is 17.1 Å². The van der Waals surface area contributed by atoms with Crippen LogP contribution in [0.5, 0.6) is 5.75 Å². The maximum absolute atomic E-state index is 12.9. The third-order valence-corrected chi connectivity index (χ3v) is 4.21. The number of urea groups is 1. The highest BCUT2D eigenvalue weighted by atomic mass is 16.5. The largest absolute Gasteiger partial charge is 0.479 e. The Bertz CT molecular complexity index is 878. The number of hydrogen-bond acceptors (Lipinski definition) is 3. The Morgan fingerprint density at radius 1 is 0.828 bits per heavy atom. The molecule has 0 saturated heterocycles. The molecule has 148 valence electrons.